The molecule has 1 heterocycles. The van der Waals surface area contributed by atoms with E-state index in [0.717, 1.165) is 17.1 Å². The lowest BCUT2D eigenvalue weighted by molar-refractivity contribution is -0.116. The number of amides is 1. The molecule has 0 saturated carbocycles. The third-order valence-corrected chi connectivity index (χ3v) is 3.81. The summed E-state index contributed by atoms with van der Waals surface area (Å²) in [7, 11) is 1.88. The fourth-order valence-electron chi connectivity index (χ4n) is 1.79. The molecule has 0 fully saturated rings. The zero-order valence-corrected chi connectivity index (χ0v) is 12.6. The van der Waals surface area contributed by atoms with Crippen LogP contribution in [0.4, 0.5) is 5.69 Å². The van der Waals surface area contributed by atoms with Gasteiger partial charge in [-0.2, -0.15) is 10.4 Å². The Morgan fingerprint density at radius 1 is 1.52 bits per heavy atom. The smallest absolute Gasteiger partial charge is 0.224 e. The summed E-state index contributed by atoms with van der Waals surface area (Å²) in [5.41, 5.74) is 1.21. The summed E-state index contributed by atoms with van der Waals surface area (Å²) in [6.45, 7) is 0. The van der Waals surface area contributed by atoms with Gasteiger partial charge in [-0.15, -0.1) is 11.8 Å². The zero-order chi connectivity index (χ0) is 15.1. The summed E-state index contributed by atoms with van der Waals surface area (Å²) in [5.74, 6) is 0.842. The van der Waals surface area contributed by atoms with Crippen molar-refractivity contribution in [2.24, 2.45) is 7.05 Å². The summed E-state index contributed by atoms with van der Waals surface area (Å²) in [6.07, 6.45) is 5.03. The van der Waals surface area contributed by atoms with Crippen LogP contribution in [0.2, 0.25) is 0 Å². The van der Waals surface area contributed by atoms with Gasteiger partial charge in [-0.05, 0) is 30.4 Å². The molecule has 0 bridgehead atoms. The molecular formula is C15H16N4OS. The maximum Gasteiger partial charge on any atom is 0.224 e. The molecule has 0 aliphatic rings. The van der Waals surface area contributed by atoms with Gasteiger partial charge in [-0.25, -0.2) is 0 Å². The van der Waals surface area contributed by atoms with E-state index in [1.807, 2.05) is 19.4 Å². The number of nitrogens with one attached hydrogen (secondary N) is 1. The van der Waals surface area contributed by atoms with E-state index in [4.69, 9.17) is 5.26 Å². The summed E-state index contributed by atoms with van der Waals surface area (Å²) >= 11 is 1.69. The van der Waals surface area contributed by atoms with Crippen LogP contribution < -0.4 is 5.32 Å². The van der Waals surface area contributed by atoms with Gasteiger partial charge in [0.05, 0.1) is 17.8 Å². The lowest BCUT2D eigenvalue weighted by Crippen LogP contribution is -2.11. The Morgan fingerprint density at radius 3 is 3.10 bits per heavy atom. The fraction of sp³-hybridized carbons (Fsp3) is 0.267. The third-order valence-electron chi connectivity index (χ3n) is 2.77. The third kappa shape index (κ3) is 4.97. The maximum absolute atomic E-state index is 11.8. The quantitative estimate of drug-likeness (QED) is 0.658. The molecule has 0 atom stereocenters. The van der Waals surface area contributed by atoms with Gasteiger partial charge < -0.3 is 5.32 Å². The van der Waals surface area contributed by atoms with Gasteiger partial charge in [0.1, 0.15) is 0 Å². The van der Waals surface area contributed by atoms with Crippen molar-refractivity contribution in [2.45, 2.75) is 17.7 Å². The van der Waals surface area contributed by atoms with Crippen molar-refractivity contribution in [1.82, 2.24) is 9.78 Å². The van der Waals surface area contributed by atoms with E-state index in [9.17, 15) is 4.79 Å². The van der Waals surface area contributed by atoms with Crippen LogP contribution in [0.15, 0.2) is 41.6 Å². The molecule has 5 nitrogen and oxygen atoms in total. The standard InChI is InChI=1S/C15H16N4OS/c1-19-11-14(10-17-19)21-7-3-6-15(20)18-13-5-2-4-12(8-13)9-16/h2,4-5,8,10-11H,3,6-7H2,1H3,(H,18,20). The van der Waals surface area contributed by atoms with Crippen LogP contribution in [0.25, 0.3) is 0 Å². The van der Waals surface area contributed by atoms with Crippen molar-refractivity contribution in [1.29, 1.82) is 5.26 Å². The van der Waals surface area contributed by atoms with Crippen LogP contribution in [-0.2, 0) is 11.8 Å². The monoisotopic (exact) mass is 300 g/mol. The second-order valence-electron chi connectivity index (χ2n) is 4.54. The van der Waals surface area contributed by atoms with E-state index in [0.29, 0.717) is 17.7 Å². The van der Waals surface area contributed by atoms with Gasteiger partial charge in [0.25, 0.3) is 0 Å². The molecule has 6 heteroatoms. The molecule has 0 aliphatic carbocycles. The molecule has 0 saturated heterocycles. The minimum absolute atomic E-state index is 0.0307. The molecule has 0 radical (unpaired) electrons. The highest BCUT2D eigenvalue weighted by Crippen LogP contribution is 2.18. The van der Waals surface area contributed by atoms with Crippen LogP contribution in [0, 0.1) is 11.3 Å². The Morgan fingerprint density at radius 2 is 2.38 bits per heavy atom. The van der Waals surface area contributed by atoms with Gasteiger partial charge in [0, 0.05) is 30.2 Å². The van der Waals surface area contributed by atoms with E-state index in [-0.39, 0.29) is 5.91 Å². The van der Waals surface area contributed by atoms with Crippen LogP contribution >= 0.6 is 11.8 Å². The number of nitrogens with zero attached hydrogens (tertiary/aromatic N) is 3. The van der Waals surface area contributed by atoms with Crippen LogP contribution in [0.1, 0.15) is 18.4 Å². The Kier molecular flexibility index (Phi) is 5.41. The molecule has 1 N–H and O–H groups in total. The lowest BCUT2D eigenvalue weighted by Gasteiger charge is -2.05. The van der Waals surface area contributed by atoms with Crippen LogP contribution in [0.5, 0.6) is 0 Å². The number of nitriles is 1. The first-order valence-electron chi connectivity index (χ1n) is 6.59. The molecule has 0 aliphatic heterocycles. The Labute approximate surface area is 128 Å². The van der Waals surface area contributed by atoms with Gasteiger partial charge in [0.15, 0.2) is 0 Å². The number of carbonyl (C=O) groups excluding carboxylic acids is 1. The van der Waals surface area contributed by atoms with Gasteiger partial charge >= 0.3 is 0 Å². The molecule has 1 aromatic carbocycles. The normalized spacial score (nSPS) is 10.1. The second-order valence-corrected chi connectivity index (χ2v) is 5.71. The SMILES string of the molecule is Cn1cc(SCCCC(=O)Nc2cccc(C#N)c2)cn1. The molecule has 0 unspecified atom stereocenters. The molecule has 2 aromatic rings. The van der Waals surface area contributed by atoms with E-state index in [1.54, 1.807) is 40.7 Å². The highest BCUT2D eigenvalue weighted by Gasteiger charge is 2.04. The van der Waals surface area contributed by atoms with Crippen LogP contribution in [-0.4, -0.2) is 21.4 Å². The molecular weight excluding hydrogens is 284 g/mol. The number of rotatable bonds is 6. The number of benzene rings is 1. The van der Waals surface area contributed by atoms with Crippen molar-refractivity contribution >= 4 is 23.4 Å². The summed E-state index contributed by atoms with van der Waals surface area (Å²) in [4.78, 5) is 12.9. The first kappa shape index (κ1) is 15.1. The van der Waals surface area contributed by atoms with E-state index < -0.39 is 0 Å². The largest absolute Gasteiger partial charge is 0.326 e. The topological polar surface area (TPSA) is 70.7 Å². The average Bonchev–Trinajstić information content (AvgIpc) is 2.89. The Hall–Kier alpha value is -2.26. The maximum atomic E-state index is 11.8. The van der Waals surface area contributed by atoms with Gasteiger partial charge in [-0.3, -0.25) is 9.48 Å². The second kappa shape index (κ2) is 7.50. The van der Waals surface area contributed by atoms with Crippen molar-refractivity contribution in [2.75, 3.05) is 11.1 Å². The molecule has 21 heavy (non-hydrogen) atoms. The summed E-state index contributed by atoms with van der Waals surface area (Å²) in [5, 5.41) is 15.7. The molecule has 0 spiro atoms. The lowest BCUT2D eigenvalue weighted by atomic mass is 10.2. The minimum atomic E-state index is -0.0307. The number of anilines is 1. The Balaban J connectivity index is 1.71. The Bertz CT molecular complexity index is 660. The van der Waals surface area contributed by atoms with Crippen molar-refractivity contribution in [3.8, 4) is 6.07 Å². The first-order chi connectivity index (χ1) is 10.2. The molecule has 1 aromatic heterocycles. The molecule has 108 valence electrons. The summed E-state index contributed by atoms with van der Waals surface area (Å²) < 4.78 is 1.76. The number of carbonyl (C=O) groups is 1. The van der Waals surface area contributed by atoms with Gasteiger partial charge in [-0.1, -0.05) is 6.07 Å². The predicted octanol–water partition coefficient (Wildman–Crippen LogP) is 2.80. The predicted molar refractivity (Wildman–Crippen MR) is 83.0 cm³/mol. The number of aromatic nitrogens is 2. The fourth-order valence-corrected chi connectivity index (χ4v) is 2.66. The average molecular weight is 300 g/mol. The van der Waals surface area contributed by atoms with Crippen molar-refractivity contribution in [3.63, 3.8) is 0 Å². The van der Waals surface area contributed by atoms with Gasteiger partial charge in [0.2, 0.25) is 5.91 Å². The number of hydrogen-bond donors (Lipinski definition) is 1. The van der Waals surface area contributed by atoms with Crippen molar-refractivity contribution < 1.29 is 4.79 Å². The van der Waals surface area contributed by atoms with E-state index >= 15 is 0 Å². The number of thioether (sulfide) groups is 1. The zero-order valence-electron chi connectivity index (χ0n) is 11.7. The number of aryl methyl sites for hydroxylation is 1. The highest BCUT2D eigenvalue weighted by atomic mass is 32.2. The summed E-state index contributed by atoms with van der Waals surface area (Å²) in [6, 6.07) is 8.97. The first-order valence-corrected chi connectivity index (χ1v) is 7.57. The minimum Gasteiger partial charge on any atom is -0.326 e. The number of hydrogen-bond acceptors (Lipinski definition) is 4. The molecule has 2 rings (SSSR count). The highest BCUT2D eigenvalue weighted by molar-refractivity contribution is 7.99. The van der Waals surface area contributed by atoms with E-state index in [1.165, 1.54) is 0 Å². The molecule has 1 amide bonds. The van der Waals surface area contributed by atoms with Crippen LogP contribution in [0.3, 0.4) is 0 Å². The van der Waals surface area contributed by atoms with Crippen molar-refractivity contribution in [3.05, 3.63) is 42.2 Å². The van der Waals surface area contributed by atoms with E-state index in [2.05, 4.69) is 16.5 Å².